The first-order valence-electron chi connectivity index (χ1n) is 10.4. The van der Waals surface area contributed by atoms with Gasteiger partial charge in [0.05, 0.1) is 31.3 Å². The smallest absolute Gasteiger partial charge is 0.243 e. The molecule has 0 saturated heterocycles. The molecule has 1 N–H and O–H groups in total. The Morgan fingerprint density at radius 1 is 1.11 bits per heavy atom. The zero-order valence-corrected chi connectivity index (χ0v) is 20.0. The zero-order valence-electron chi connectivity index (χ0n) is 19.2. The van der Waals surface area contributed by atoms with Crippen LogP contribution in [-0.2, 0) is 16.4 Å². The molecule has 3 heterocycles. The standard InChI is InChI=1S/C23H22N6O5S/c1-15(12-17-10-9-16(13-24)14-25-17)35(30,31)28-23-27-26-22(20-8-5-11-34-20)29(23)21-18(32-2)6-4-7-19(21)33-3/h4-11,14-15H,12H2,1-3H3,(H,27,28)/t15-/m1/s1. The second-order valence-electron chi connectivity index (χ2n) is 7.48. The lowest BCUT2D eigenvalue weighted by atomic mass is 10.2. The summed E-state index contributed by atoms with van der Waals surface area (Å²) in [6.07, 6.45) is 3.00. The molecular formula is C23H22N6O5S. The maximum absolute atomic E-state index is 13.3. The summed E-state index contributed by atoms with van der Waals surface area (Å²) >= 11 is 0. The summed E-state index contributed by atoms with van der Waals surface area (Å²) in [5, 5.41) is 16.3. The molecule has 4 rings (SSSR count). The van der Waals surface area contributed by atoms with E-state index in [2.05, 4.69) is 19.9 Å². The van der Waals surface area contributed by atoms with Gasteiger partial charge >= 0.3 is 0 Å². The zero-order chi connectivity index (χ0) is 25.0. The van der Waals surface area contributed by atoms with Crippen LogP contribution in [0.3, 0.4) is 0 Å². The monoisotopic (exact) mass is 494 g/mol. The van der Waals surface area contributed by atoms with Gasteiger partial charge in [-0.25, -0.2) is 8.42 Å². The fraction of sp³-hybridized carbons (Fsp3) is 0.217. The van der Waals surface area contributed by atoms with Crippen LogP contribution in [0.2, 0.25) is 0 Å². The second-order valence-corrected chi connectivity index (χ2v) is 9.58. The van der Waals surface area contributed by atoms with Gasteiger partial charge in [0.25, 0.3) is 0 Å². The van der Waals surface area contributed by atoms with Crippen LogP contribution in [0, 0.1) is 11.3 Å². The van der Waals surface area contributed by atoms with Crippen molar-refractivity contribution in [2.75, 3.05) is 18.9 Å². The van der Waals surface area contributed by atoms with E-state index in [1.807, 2.05) is 6.07 Å². The number of benzene rings is 1. The van der Waals surface area contributed by atoms with Crippen LogP contribution in [0.4, 0.5) is 5.95 Å². The van der Waals surface area contributed by atoms with Gasteiger partial charge in [-0.2, -0.15) is 5.26 Å². The minimum Gasteiger partial charge on any atom is -0.494 e. The molecule has 3 aromatic heterocycles. The molecule has 1 atom stereocenters. The number of para-hydroxylation sites is 1. The van der Waals surface area contributed by atoms with Gasteiger partial charge in [-0.3, -0.25) is 14.3 Å². The number of hydrogen-bond donors (Lipinski definition) is 1. The summed E-state index contributed by atoms with van der Waals surface area (Å²) < 4.78 is 47.1. The number of nitriles is 1. The number of methoxy groups -OCH3 is 2. The summed E-state index contributed by atoms with van der Waals surface area (Å²) in [5.41, 5.74) is 1.32. The molecule has 0 amide bonds. The van der Waals surface area contributed by atoms with Crippen LogP contribution < -0.4 is 14.2 Å². The first kappa shape index (κ1) is 23.8. The predicted octanol–water partition coefficient (Wildman–Crippen LogP) is 3.18. The van der Waals surface area contributed by atoms with E-state index in [1.54, 1.807) is 49.4 Å². The van der Waals surface area contributed by atoms with E-state index in [4.69, 9.17) is 19.2 Å². The molecule has 180 valence electrons. The number of ether oxygens (including phenoxy) is 2. The van der Waals surface area contributed by atoms with Gasteiger partial charge in [0, 0.05) is 18.3 Å². The lowest BCUT2D eigenvalue weighted by Gasteiger charge is -2.18. The quantitative estimate of drug-likeness (QED) is 0.371. The molecule has 4 aromatic rings. The molecule has 0 aliphatic heterocycles. The number of anilines is 1. The highest BCUT2D eigenvalue weighted by Crippen LogP contribution is 2.37. The first-order valence-corrected chi connectivity index (χ1v) is 12.0. The Morgan fingerprint density at radius 2 is 1.86 bits per heavy atom. The molecule has 0 radical (unpaired) electrons. The van der Waals surface area contributed by atoms with E-state index in [9.17, 15) is 8.42 Å². The average Bonchev–Trinajstić information content (AvgIpc) is 3.53. The molecule has 0 unspecified atom stereocenters. The van der Waals surface area contributed by atoms with Gasteiger partial charge in [-0.15, -0.1) is 10.2 Å². The normalized spacial score (nSPS) is 12.1. The van der Waals surface area contributed by atoms with Crippen molar-refractivity contribution in [3.63, 3.8) is 0 Å². The number of nitrogens with one attached hydrogen (secondary N) is 1. The molecule has 0 aliphatic carbocycles. The number of rotatable bonds is 9. The Hall–Kier alpha value is -4.37. The van der Waals surface area contributed by atoms with E-state index in [0.29, 0.717) is 34.2 Å². The van der Waals surface area contributed by atoms with Crippen molar-refractivity contribution < 1.29 is 22.3 Å². The minimum atomic E-state index is -3.94. The number of aromatic nitrogens is 4. The molecule has 11 nitrogen and oxygen atoms in total. The van der Waals surface area contributed by atoms with Crippen molar-refractivity contribution in [2.45, 2.75) is 18.6 Å². The Balaban J connectivity index is 1.75. The molecule has 0 aliphatic rings. The number of sulfonamides is 1. The highest BCUT2D eigenvalue weighted by molar-refractivity contribution is 7.93. The molecule has 0 spiro atoms. The molecule has 1 aromatic carbocycles. The average molecular weight is 495 g/mol. The highest BCUT2D eigenvalue weighted by atomic mass is 32.2. The molecule has 12 heteroatoms. The molecule has 0 saturated carbocycles. The molecule has 0 bridgehead atoms. The van der Waals surface area contributed by atoms with Crippen LogP contribution in [0.15, 0.2) is 59.3 Å². The fourth-order valence-corrected chi connectivity index (χ4v) is 4.40. The SMILES string of the molecule is COc1cccc(OC)c1-n1c(NS(=O)(=O)[C@H](C)Cc2ccc(C#N)cn2)nnc1-c1ccco1. The molecule has 0 fully saturated rings. The summed E-state index contributed by atoms with van der Waals surface area (Å²) in [4.78, 5) is 4.17. The van der Waals surface area contributed by atoms with E-state index < -0.39 is 15.3 Å². The Bertz CT molecular complexity index is 1440. The van der Waals surface area contributed by atoms with Crippen molar-refractivity contribution in [1.29, 1.82) is 5.26 Å². The largest absolute Gasteiger partial charge is 0.494 e. The minimum absolute atomic E-state index is 0.0705. The number of nitrogens with zero attached hydrogens (tertiary/aromatic N) is 5. The number of furan rings is 1. The highest BCUT2D eigenvalue weighted by Gasteiger charge is 2.28. The van der Waals surface area contributed by atoms with E-state index >= 15 is 0 Å². The summed E-state index contributed by atoms with van der Waals surface area (Å²) in [6, 6.07) is 13.7. The summed E-state index contributed by atoms with van der Waals surface area (Å²) in [7, 11) is -0.959. The predicted molar refractivity (Wildman–Crippen MR) is 127 cm³/mol. The van der Waals surface area contributed by atoms with Crippen molar-refractivity contribution in [2.24, 2.45) is 0 Å². The Labute approximate surface area is 202 Å². The number of hydrogen-bond acceptors (Lipinski definition) is 9. The van der Waals surface area contributed by atoms with Gasteiger partial charge in [0.1, 0.15) is 23.3 Å². The van der Waals surface area contributed by atoms with Crippen LogP contribution in [-0.4, -0.2) is 47.6 Å². The van der Waals surface area contributed by atoms with Gasteiger partial charge in [0.15, 0.2) is 5.76 Å². The number of pyridine rings is 1. The van der Waals surface area contributed by atoms with Gasteiger partial charge < -0.3 is 13.9 Å². The maximum Gasteiger partial charge on any atom is 0.243 e. The third kappa shape index (κ3) is 4.80. The third-order valence-corrected chi connectivity index (χ3v) is 6.94. The second kappa shape index (κ2) is 9.86. The van der Waals surface area contributed by atoms with E-state index in [-0.39, 0.29) is 18.2 Å². The van der Waals surface area contributed by atoms with Crippen LogP contribution in [0.1, 0.15) is 18.2 Å². The maximum atomic E-state index is 13.3. The molecular weight excluding hydrogens is 472 g/mol. The van der Waals surface area contributed by atoms with Crippen LogP contribution in [0.5, 0.6) is 11.5 Å². The van der Waals surface area contributed by atoms with Crippen LogP contribution in [0.25, 0.3) is 17.3 Å². The van der Waals surface area contributed by atoms with Gasteiger partial charge in [-0.1, -0.05) is 6.07 Å². The van der Waals surface area contributed by atoms with E-state index in [1.165, 1.54) is 31.2 Å². The van der Waals surface area contributed by atoms with Crippen LogP contribution >= 0.6 is 0 Å². The van der Waals surface area contributed by atoms with Crippen molar-refractivity contribution in [1.82, 2.24) is 19.7 Å². The topological polar surface area (TPSA) is 145 Å². The lowest BCUT2D eigenvalue weighted by molar-refractivity contribution is 0.391. The summed E-state index contributed by atoms with van der Waals surface area (Å²) in [6.45, 7) is 1.56. The Kier molecular flexibility index (Phi) is 6.70. The molecule has 35 heavy (non-hydrogen) atoms. The van der Waals surface area contributed by atoms with Crippen molar-refractivity contribution in [3.8, 4) is 34.8 Å². The van der Waals surface area contributed by atoms with E-state index in [0.717, 1.165) is 0 Å². The Morgan fingerprint density at radius 3 is 2.43 bits per heavy atom. The van der Waals surface area contributed by atoms with Crippen molar-refractivity contribution in [3.05, 3.63) is 66.2 Å². The summed E-state index contributed by atoms with van der Waals surface area (Å²) in [5.74, 6) is 1.36. The third-order valence-electron chi connectivity index (χ3n) is 5.24. The first-order chi connectivity index (χ1) is 16.9. The fourth-order valence-electron chi connectivity index (χ4n) is 3.42. The van der Waals surface area contributed by atoms with Crippen molar-refractivity contribution >= 4 is 16.0 Å². The van der Waals surface area contributed by atoms with Gasteiger partial charge in [-0.05, 0) is 43.3 Å². The lowest BCUT2D eigenvalue weighted by Crippen LogP contribution is -2.29. The van der Waals surface area contributed by atoms with Gasteiger partial charge in [0.2, 0.25) is 21.8 Å².